The van der Waals surface area contributed by atoms with Crippen molar-refractivity contribution in [1.29, 1.82) is 0 Å². The Morgan fingerprint density at radius 1 is 1.33 bits per heavy atom. The van der Waals surface area contributed by atoms with E-state index in [0.717, 1.165) is 24.1 Å². The van der Waals surface area contributed by atoms with Crippen LogP contribution >= 0.6 is 0 Å². The highest BCUT2D eigenvalue weighted by molar-refractivity contribution is 5.79. The SMILES string of the molecule is C[C@@H](C(=O)NCc1ccccc1CN1CCCC1=O)n1cncn1. The quantitative estimate of drug-likeness (QED) is 0.867. The van der Waals surface area contributed by atoms with Crippen molar-refractivity contribution in [2.75, 3.05) is 6.54 Å². The second kappa shape index (κ2) is 7.25. The van der Waals surface area contributed by atoms with Crippen LogP contribution in [0.4, 0.5) is 0 Å². The molecule has 0 unspecified atom stereocenters. The molecule has 0 spiro atoms. The van der Waals surface area contributed by atoms with Crippen molar-refractivity contribution < 1.29 is 9.59 Å². The minimum Gasteiger partial charge on any atom is -0.350 e. The van der Waals surface area contributed by atoms with Crippen molar-refractivity contribution in [3.8, 4) is 0 Å². The van der Waals surface area contributed by atoms with E-state index in [2.05, 4.69) is 15.4 Å². The van der Waals surface area contributed by atoms with Crippen LogP contribution in [0.1, 0.15) is 36.9 Å². The van der Waals surface area contributed by atoms with E-state index in [0.29, 0.717) is 19.5 Å². The van der Waals surface area contributed by atoms with Gasteiger partial charge in [0.1, 0.15) is 18.7 Å². The van der Waals surface area contributed by atoms with Gasteiger partial charge in [-0.2, -0.15) is 5.10 Å². The number of carbonyl (C=O) groups is 2. The number of hydrogen-bond acceptors (Lipinski definition) is 4. The minimum atomic E-state index is -0.417. The molecule has 126 valence electrons. The first-order chi connectivity index (χ1) is 11.6. The summed E-state index contributed by atoms with van der Waals surface area (Å²) in [5.74, 6) is 0.0844. The minimum absolute atomic E-state index is 0.118. The maximum absolute atomic E-state index is 12.3. The molecule has 0 saturated carbocycles. The number of rotatable bonds is 6. The van der Waals surface area contributed by atoms with Crippen LogP contribution in [0.3, 0.4) is 0 Å². The van der Waals surface area contributed by atoms with Gasteiger partial charge in [0, 0.05) is 26.1 Å². The lowest BCUT2D eigenvalue weighted by atomic mass is 10.1. The molecule has 2 amide bonds. The average Bonchev–Trinajstić information content (AvgIpc) is 3.25. The Bertz CT molecular complexity index is 714. The predicted molar refractivity (Wildman–Crippen MR) is 87.7 cm³/mol. The Labute approximate surface area is 140 Å². The van der Waals surface area contributed by atoms with E-state index < -0.39 is 6.04 Å². The van der Waals surface area contributed by atoms with Gasteiger partial charge in [-0.15, -0.1) is 0 Å². The monoisotopic (exact) mass is 327 g/mol. The number of hydrogen-bond donors (Lipinski definition) is 1. The fraction of sp³-hybridized carbons (Fsp3) is 0.412. The molecule has 1 aromatic carbocycles. The number of likely N-dealkylation sites (tertiary alicyclic amines) is 1. The van der Waals surface area contributed by atoms with Crippen molar-refractivity contribution in [3.05, 3.63) is 48.0 Å². The van der Waals surface area contributed by atoms with E-state index in [1.54, 1.807) is 6.92 Å². The zero-order chi connectivity index (χ0) is 16.9. The molecule has 0 radical (unpaired) electrons. The van der Waals surface area contributed by atoms with Gasteiger partial charge in [-0.05, 0) is 24.5 Å². The van der Waals surface area contributed by atoms with E-state index in [4.69, 9.17) is 0 Å². The second-order valence-electron chi connectivity index (χ2n) is 5.96. The fourth-order valence-electron chi connectivity index (χ4n) is 2.83. The molecule has 0 bridgehead atoms. The lowest BCUT2D eigenvalue weighted by Gasteiger charge is -2.19. The summed E-state index contributed by atoms with van der Waals surface area (Å²) in [5.41, 5.74) is 2.10. The van der Waals surface area contributed by atoms with E-state index in [1.807, 2.05) is 29.2 Å². The highest BCUT2D eigenvalue weighted by atomic mass is 16.2. The van der Waals surface area contributed by atoms with Crippen molar-refractivity contribution in [2.45, 2.75) is 38.9 Å². The van der Waals surface area contributed by atoms with Gasteiger partial charge < -0.3 is 10.2 Å². The van der Waals surface area contributed by atoms with Gasteiger partial charge in [-0.25, -0.2) is 9.67 Å². The third-order valence-electron chi connectivity index (χ3n) is 4.32. The van der Waals surface area contributed by atoms with Gasteiger partial charge in [0.15, 0.2) is 0 Å². The van der Waals surface area contributed by atoms with Gasteiger partial charge in [0.05, 0.1) is 0 Å². The van der Waals surface area contributed by atoms with Crippen molar-refractivity contribution in [2.24, 2.45) is 0 Å². The van der Waals surface area contributed by atoms with Crippen LogP contribution < -0.4 is 5.32 Å². The van der Waals surface area contributed by atoms with Crippen LogP contribution in [0.2, 0.25) is 0 Å². The Hall–Kier alpha value is -2.70. The molecule has 1 aromatic heterocycles. The molecule has 2 heterocycles. The Kier molecular flexibility index (Phi) is 4.88. The van der Waals surface area contributed by atoms with Gasteiger partial charge in [0.2, 0.25) is 11.8 Å². The van der Waals surface area contributed by atoms with Crippen LogP contribution in [0.5, 0.6) is 0 Å². The van der Waals surface area contributed by atoms with Crippen molar-refractivity contribution >= 4 is 11.8 Å². The molecule has 1 aliphatic heterocycles. The molecule has 7 heteroatoms. The molecule has 1 atom stereocenters. The summed E-state index contributed by atoms with van der Waals surface area (Å²) < 4.78 is 1.52. The molecule has 1 saturated heterocycles. The Balaban J connectivity index is 1.63. The summed E-state index contributed by atoms with van der Waals surface area (Å²) in [5, 5.41) is 6.92. The lowest BCUT2D eigenvalue weighted by molar-refractivity contribution is -0.128. The van der Waals surface area contributed by atoms with Crippen LogP contribution in [0, 0.1) is 0 Å². The summed E-state index contributed by atoms with van der Waals surface area (Å²) in [6.45, 7) is 3.61. The number of benzene rings is 1. The molecule has 2 aromatic rings. The average molecular weight is 327 g/mol. The van der Waals surface area contributed by atoms with Crippen LogP contribution in [-0.2, 0) is 22.7 Å². The first-order valence-electron chi connectivity index (χ1n) is 8.11. The van der Waals surface area contributed by atoms with E-state index >= 15 is 0 Å². The highest BCUT2D eigenvalue weighted by Gasteiger charge is 2.21. The zero-order valence-electron chi connectivity index (χ0n) is 13.7. The Morgan fingerprint density at radius 2 is 2.12 bits per heavy atom. The summed E-state index contributed by atoms with van der Waals surface area (Å²) in [4.78, 5) is 29.8. The molecular weight excluding hydrogens is 306 g/mol. The summed E-state index contributed by atoms with van der Waals surface area (Å²) in [6.07, 6.45) is 4.49. The molecule has 0 aliphatic carbocycles. The topological polar surface area (TPSA) is 80.1 Å². The molecule has 24 heavy (non-hydrogen) atoms. The maximum Gasteiger partial charge on any atom is 0.244 e. The molecule has 7 nitrogen and oxygen atoms in total. The first kappa shape index (κ1) is 16.2. The predicted octanol–water partition coefficient (Wildman–Crippen LogP) is 1.28. The highest BCUT2D eigenvalue weighted by Crippen LogP contribution is 2.17. The van der Waals surface area contributed by atoms with E-state index in [-0.39, 0.29) is 11.8 Å². The summed E-state index contributed by atoms with van der Waals surface area (Å²) >= 11 is 0. The van der Waals surface area contributed by atoms with E-state index in [9.17, 15) is 9.59 Å². The van der Waals surface area contributed by atoms with Crippen molar-refractivity contribution in [3.63, 3.8) is 0 Å². The normalized spacial score (nSPS) is 15.5. The number of nitrogens with zero attached hydrogens (tertiary/aromatic N) is 4. The van der Waals surface area contributed by atoms with E-state index in [1.165, 1.54) is 17.3 Å². The smallest absolute Gasteiger partial charge is 0.244 e. The van der Waals surface area contributed by atoms with Crippen molar-refractivity contribution in [1.82, 2.24) is 25.0 Å². The summed E-state index contributed by atoms with van der Waals surface area (Å²) in [6, 6.07) is 7.47. The van der Waals surface area contributed by atoms with Gasteiger partial charge in [-0.1, -0.05) is 24.3 Å². The standard InChI is InChI=1S/C17H21N5O2/c1-13(22-12-18-11-20-22)17(24)19-9-14-5-2-3-6-15(14)10-21-8-4-7-16(21)23/h2-3,5-6,11-13H,4,7-10H2,1H3,(H,19,24)/t13-/m0/s1. The molecule has 1 aliphatic rings. The largest absolute Gasteiger partial charge is 0.350 e. The summed E-state index contributed by atoms with van der Waals surface area (Å²) in [7, 11) is 0. The number of carbonyl (C=O) groups excluding carboxylic acids is 2. The maximum atomic E-state index is 12.3. The van der Waals surface area contributed by atoms with Crippen LogP contribution in [0.15, 0.2) is 36.9 Å². The fourth-order valence-corrected chi connectivity index (χ4v) is 2.83. The third kappa shape index (κ3) is 3.61. The first-order valence-corrected chi connectivity index (χ1v) is 8.11. The molecular formula is C17H21N5O2. The third-order valence-corrected chi connectivity index (χ3v) is 4.32. The van der Waals surface area contributed by atoms with Crippen LogP contribution in [0.25, 0.3) is 0 Å². The Morgan fingerprint density at radius 3 is 2.79 bits per heavy atom. The van der Waals surface area contributed by atoms with Gasteiger partial charge in [0.25, 0.3) is 0 Å². The number of aromatic nitrogens is 3. The molecule has 1 fully saturated rings. The van der Waals surface area contributed by atoms with Gasteiger partial charge in [-0.3, -0.25) is 9.59 Å². The van der Waals surface area contributed by atoms with Gasteiger partial charge >= 0.3 is 0 Å². The van der Waals surface area contributed by atoms with Crippen LogP contribution in [-0.4, -0.2) is 38.0 Å². The molecule has 3 rings (SSSR count). The lowest BCUT2D eigenvalue weighted by Crippen LogP contribution is -2.31. The number of amides is 2. The number of nitrogens with one attached hydrogen (secondary N) is 1. The second-order valence-corrected chi connectivity index (χ2v) is 5.96. The molecule has 1 N–H and O–H groups in total. The zero-order valence-corrected chi connectivity index (χ0v) is 13.7.